The van der Waals surface area contributed by atoms with Gasteiger partial charge in [-0.3, -0.25) is 33.9 Å². The number of hydrogen-bond donors (Lipinski definition) is 0. The molecule has 0 aliphatic carbocycles. The number of anilines is 8. The number of fused-ring (bicyclic) bond motifs is 16. The van der Waals surface area contributed by atoms with E-state index in [9.17, 15) is 0 Å². The van der Waals surface area contributed by atoms with Gasteiger partial charge in [-0.05, 0) is 131 Å². The van der Waals surface area contributed by atoms with Crippen molar-refractivity contribution in [1.29, 1.82) is 0 Å². The average molecular weight is 2200 g/mol. The first kappa shape index (κ1) is 96.7. The number of nitrogens with zero attached hydrogens (tertiary/aromatic N) is 18. The van der Waals surface area contributed by atoms with Crippen molar-refractivity contribution in [3.05, 3.63) is 454 Å². The van der Waals surface area contributed by atoms with Gasteiger partial charge in [0.2, 0.25) is 0 Å². The zero-order valence-electron chi connectivity index (χ0n) is 80.8. The summed E-state index contributed by atoms with van der Waals surface area (Å²) in [5, 5.41) is 17.6. The van der Waals surface area contributed by atoms with Crippen molar-refractivity contribution in [2.24, 2.45) is 14.1 Å². The van der Waals surface area contributed by atoms with Gasteiger partial charge >= 0.3 is 77.9 Å². The number of para-hydroxylation sites is 8. The summed E-state index contributed by atoms with van der Waals surface area (Å²) in [6.07, 6.45) is 11.7. The first-order chi connectivity index (χ1) is 71.6. The van der Waals surface area contributed by atoms with Crippen molar-refractivity contribution < 1.29 is 82.5 Å². The van der Waals surface area contributed by atoms with Crippen LogP contribution in [0.5, 0.6) is 0 Å². The Morgan fingerprint density at radius 1 is 0.342 bits per heavy atom. The molecule has 0 unspecified atom stereocenters. The van der Waals surface area contributed by atoms with E-state index < -0.39 is 0 Å². The zero-order chi connectivity index (χ0) is 96.3. The Bertz CT molecular complexity index is 9920. The number of pyridine rings is 8. The Morgan fingerprint density at radius 3 is 1.61 bits per heavy atom. The molecular weight excluding hydrogens is 2120 g/mol. The van der Waals surface area contributed by atoms with Gasteiger partial charge < -0.3 is 27.7 Å². The Balaban J connectivity index is 0.000000108. The fraction of sp³-hybridized carbons (Fsp3) is 0.0244. The Hall–Kier alpha value is -15.7. The molecule has 20 heterocycles. The maximum Gasteiger partial charge on any atom is 2.00 e. The van der Waals surface area contributed by atoms with Crippen LogP contribution in [0.2, 0.25) is 0 Å². The topological polar surface area (TPSA) is 146 Å². The third kappa shape index (κ3) is 17.3. The van der Waals surface area contributed by atoms with Gasteiger partial charge in [-0.1, -0.05) is 224 Å². The maximum absolute atomic E-state index is 5.32. The molecule has 2 aliphatic heterocycles. The van der Waals surface area contributed by atoms with E-state index in [-0.39, 0.29) is 77.9 Å². The summed E-state index contributed by atoms with van der Waals surface area (Å²) in [5.41, 5.74) is 22.3. The SMILES string of the molecule is CN1c2ccccc2N(c2cccc(-c3cccc4sc[c-]c34)n2)c2nc(-c3cn(C)c4c3[cH-]c[n+]4C)ccc21.[Zn+2].[Zn+2].[Zn+2].[Zn+2].[c-]1cccc2ccn(-c3cccc(-n4c5ccccc5c5ccc(-n6[c-]cc7ccccc76)nc54)n3)c12.[c-]1ccccc1-c1ccc2c3ccccc3n(-c3cccc(-c4csc5sc[c-]c45)n3)c2n1.[c-]1ccccc1-c1cccc(N2c3ccccc3Sc3ccc(-n4ccc5ccc[c-]c54)nc32)n1. The quantitative estimate of drug-likeness (QED) is 0.0652. The molecule has 18 nitrogen and oxygen atoms in total. The molecule has 0 saturated heterocycles. The van der Waals surface area contributed by atoms with Crippen LogP contribution in [0.4, 0.5) is 46.0 Å². The summed E-state index contributed by atoms with van der Waals surface area (Å²) in [4.78, 5) is 50.0. The number of thiophene rings is 3. The molecule has 0 fully saturated rings. The van der Waals surface area contributed by atoms with Gasteiger partial charge in [-0.2, -0.15) is 71.4 Å². The minimum Gasteiger partial charge on any atom is -0.429 e. The van der Waals surface area contributed by atoms with E-state index in [1.165, 1.54) is 30.0 Å². The third-order valence-electron chi connectivity index (χ3n) is 26.7. The Labute approximate surface area is 924 Å². The van der Waals surface area contributed by atoms with Gasteiger partial charge in [0.15, 0.2) is 17.3 Å². The van der Waals surface area contributed by atoms with Crippen LogP contribution < -0.4 is 19.3 Å². The molecule has 10 aromatic carbocycles. The van der Waals surface area contributed by atoms with Crippen LogP contribution in [0.1, 0.15) is 0 Å². The summed E-state index contributed by atoms with van der Waals surface area (Å²) in [6, 6.07) is 146. The largest absolute Gasteiger partial charge is 2.00 e. The molecule has 0 radical (unpaired) electrons. The van der Waals surface area contributed by atoms with Crippen LogP contribution in [-0.2, 0) is 92.0 Å². The van der Waals surface area contributed by atoms with Crippen molar-refractivity contribution in [3.63, 3.8) is 0 Å². The molecule has 0 bridgehead atoms. The minimum atomic E-state index is 0. The molecule has 30 rings (SSSR count). The van der Waals surface area contributed by atoms with E-state index in [0.717, 1.165) is 218 Å². The van der Waals surface area contributed by atoms with Crippen LogP contribution in [0.25, 0.3) is 192 Å². The summed E-state index contributed by atoms with van der Waals surface area (Å²) in [7, 11) is 6.26. The fourth-order valence-corrected chi connectivity index (χ4v) is 23.6. The first-order valence-electron chi connectivity index (χ1n) is 47.3. The predicted octanol–water partition coefficient (Wildman–Crippen LogP) is 29.9. The standard InChI is InChI=1S/C33H25N6S.C32H19N5.C30H18N4S.C28H15N3S2.4Zn/c1-36-18-16-23-24(20-37(2)33(23)36)26-14-15-29-32(35-26)39(28-11-5-4-10-27(28)38(29)3)31-13-7-9-25(34-31)21-8-6-12-30-22(21)17-19-40-30;1-4-11-26-22(8-1)18-20-35(26)29-14-7-15-31(33-29)37-28-13-6-3-10-24(28)25-16-17-30(34-32(25)37)36-21-19-23-9-2-5-12-27(23)36;1-2-9-21(10-3-1)23-12-8-16-29(31-23)34-25-14-6-7-15-26(25)35-27-17-18-28(32-30(27)34)33-20-19-22-11-4-5-13-24(22)33;1-2-7-18(8-3-1)23-14-13-20-19-9-4-5-11-25(19)31(27(20)30-23)26-12-6-10-24(29-26)22-17-33-28-21(22)15-16-32-28;;;;/h4-16,18-20H,1-3H3;1-10,12-20H;1-9,11-12,14-20H;1-7,9-14,16-17H;;;;/q-1;3*-2;4*+2. The molecule has 690 valence electrons. The van der Waals surface area contributed by atoms with E-state index in [2.05, 4.69) is 366 Å². The Kier molecular flexibility index (Phi) is 26.5. The van der Waals surface area contributed by atoms with Crippen molar-refractivity contribution in [2.75, 3.05) is 21.7 Å². The van der Waals surface area contributed by atoms with Crippen LogP contribution in [-0.4, -0.2) is 74.3 Å². The number of aromatic nitrogens is 15. The smallest absolute Gasteiger partial charge is 0.429 e. The van der Waals surface area contributed by atoms with Crippen molar-refractivity contribution >= 4 is 199 Å². The molecule has 26 heteroatoms. The summed E-state index contributed by atoms with van der Waals surface area (Å²) in [5.74, 6) is 7.54. The molecule has 0 saturated carbocycles. The van der Waals surface area contributed by atoms with Crippen molar-refractivity contribution in [1.82, 2.24) is 67.3 Å². The van der Waals surface area contributed by atoms with Gasteiger partial charge in [0.05, 0.1) is 58.6 Å². The molecule has 149 heavy (non-hydrogen) atoms. The molecule has 0 spiro atoms. The van der Waals surface area contributed by atoms with Crippen LogP contribution in [0.15, 0.2) is 421 Å². The van der Waals surface area contributed by atoms with E-state index >= 15 is 0 Å². The third-order valence-corrected chi connectivity index (χ3v) is 30.7. The van der Waals surface area contributed by atoms with Gasteiger partial charge in [0.1, 0.15) is 46.2 Å². The van der Waals surface area contributed by atoms with Crippen LogP contribution in [0.3, 0.4) is 0 Å². The van der Waals surface area contributed by atoms with Crippen LogP contribution >= 0.6 is 45.8 Å². The molecule has 28 aromatic rings. The summed E-state index contributed by atoms with van der Waals surface area (Å²) >= 11 is 6.91. The zero-order valence-corrected chi connectivity index (χ0v) is 95.9. The van der Waals surface area contributed by atoms with Crippen molar-refractivity contribution in [2.45, 2.75) is 9.79 Å². The molecular formula is C123H77N18S4Zn4+. The second kappa shape index (κ2) is 40.8. The van der Waals surface area contributed by atoms with Gasteiger partial charge in [0, 0.05) is 63.0 Å². The second-order valence-electron chi connectivity index (χ2n) is 35.2. The van der Waals surface area contributed by atoms with E-state index in [4.69, 9.17) is 39.9 Å². The van der Waals surface area contributed by atoms with E-state index in [0.29, 0.717) is 0 Å². The molecule has 0 atom stereocenters. The van der Waals surface area contributed by atoms with Gasteiger partial charge in [-0.15, -0.1) is 124 Å². The minimum absolute atomic E-state index is 0. The summed E-state index contributed by atoms with van der Waals surface area (Å²) < 4.78 is 17.3. The van der Waals surface area contributed by atoms with Gasteiger partial charge in [0.25, 0.3) is 0 Å². The van der Waals surface area contributed by atoms with Gasteiger partial charge in [-0.25, -0.2) is 58.9 Å². The first-order valence-corrected chi connectivity index (χ1v) is 50.8. The Morgan fingerprint density at radius 2 is 0.886 bits per heavy atom. The molecule has 0 amide bonds. The molecule has 18 aromatic heterocycles. The fourth-order valence-electron chi connectivity index (χ4n) is 20.1. The van der Waals surface area contributed by atoms with E-state index in [1.54, 1.807) is 45.8 Å². The van der Waals surface area contributed by atoms with E-state index in [1.807, 2.05) is 155 Å². The maximum atomic E-state index is 5.32. The van der Waals surface area contributed by atoms with Crippen molar-refractivity contribution in [3.8, 4) is 85.4 Å². The number of rotatable bonds is 12. The normalized spacial score (nSPS) is 11.8. The molecule has 2 aliphatic rings. The predicted molar refractivity (Wildman–Crippen MR) is 590 cm³/mol. The average Bonchev–Trinajstić information content (AvgIpc) is 1.73. The number of hydrogen-bond acceptors (Lipinski definition) is 15. The monoisotopic (exact) mass is 2190 g/mol. The summed E-state index contributed by atoms with van der Waals surface area (Å²) in [6.45, 7) is 0. The number of aryl methyl sites for hydroxylation is 2. The molecule has 0 N–H and O–H groups in total. The van der Waals surface area contributed by atoms with Crippen LogP contribution in [0, 0.1) is 42.6 Å². The second-order valence-corrected chi connectivity index (χ2v) is 39.2. The number of benzene rings is 10.